The van der Waals surface area contributed by atoms with Crippen LogP contribution in [0.4, 0.5) is 0 Å². The summed E-state index contributed by atoms with van der Waals surface area (Å²) in [6.07, 6.45) is 21.0. The fourth-order valence-corrected chi connectivity index (χ4v) is 2.52. The van der Waals surface area contributed by atoms with E-state index in [1.807, 2.05) is 6.08 Å². The van der Waals surface area contributed by atoms with Crippen molar-refractivity contribution in [1.29, 1.82) is 0 Å². The van der Waals surface area contributed by atoms with E-state index >= 15 is 0 Å². The Labute approximate surface area is 131 Å². The summed E-state index contributed by atoms with van der Waals surface area (Å²) in [6, 6.07) is 0. The molecule has 0 unspecified atom stereocenters. The van der Waals surface area contributed by atoms with E-state index in [0.717, 1.165) is 19.3 Å². The Kier molecular flexibility index (Phi) is 16.5. The molecule has 0 aliphatic rings. The maximum absolute atomic E-state index is 10.5. The van der Waals surface area contributed by atoms with E-state index in [0.29, 0.717) is 6.61 Å². The standard InChI is InChI=1S/C18H35NO2/c19-18(21)16-14-12-10-8-6-4-2-1-3-5-7-9-11-13-15-17-20/h14,16,20H,1-13,15,17H2,(H2,19,21)/b16-14+. The Hall–Kier alpha value is -0.830. The van der Waals surface area contributed by atoms with Crippen LogP contribution in [-0.2, 0) is 4.79 Å². The molecule has 3 heteroatoms. The summed E-state index contributed by atoms with van der Waals surface area (Å²) < 4.78 is 0. The first-order valence-corrected chi connectivity index (χ1v) is 8.84. The van der Waals surface area contributed by atoms with Gasteiger partial charge in [0.1, 0.15) is 0 Å². The summed E-state index contributed by atoms with van der Waals surface area (Å²) in [5, 5.41) is 8.67. The van der Waals surface area contributed by atoms with E-state index < -0.39 is 0 Å². The summed E-state index contributed by atoms with van der Waals surface area (Å²) in [4.78, 5) is 10.5. The van der Waals surface area contributed by atoms with E-state index in [-0.39, 0.29) is 5.91 Å². The van der Waals surface area contributed by atoms with Gasteiger partial charge in [0, 0.05) is 6.61 Å². The van der Waals surface area contributed by atoms with E-state index in [1.54, 1.807) is 0 Å². The second-order valence-corrected chi connectivity index (χ2v) is 5.91. The van der Waals surface area contributed by atoms with Gasteiger partial charge in [-0.05, 0) is 25.3 Å². The average molecular weight is 297 g/mol. The number of nitrogens with two attached hydrogens (primary N) is 1. The molecular formula is C18H35NO2. The minimum Gasteiger partial charge on any atom is -0.396 e. The number of primary amides is 1. The highest BCUT2D eigenvalue weighted by Gasteiger charge is 1.93. The first kappa shape index (κ1) is 20.2. The third-order valence-corrected chi connectivity index (χ3v) is 3.81. The highest BCUT2D eigenvalue weighted by atomic mass is 16.2. The Morgan fingerprint density at radius 3 is 1.48 bits per heavy atom. The lowest BCUT2D eigenvalue weighted by Crippen LogP contribution is -2.05. The van der Waals surface area contributed by atoms with Crippen LogP contribution < -0.4 is 5.73 Å². The highest BCUT2D eigenvalue weighted by Crippen LogP contribution is 2.12. The molecule has 0 heterocycles. The van der Waals surface area contributed by atoms with Crippen molar-refractivity contribution in [2.75, 3.05) is 6.61 Å². The van der Waals surface area contributed by atoms with Crippen molar-refractivity contribution in [2.24, 2.45) is 5.73 Å². The predicted octanol–water partition coefficient (Wildman–Crippen LogP) is 4.48. The molecule has 0 saturated carbocycles. The predicted molar refractivity (Wildman–Crippen MR) is 90.1 cm³/mol. The van der Waals surface area contributed by atoms with E-state index in [4.69, 9.17) is 10.8 Å². The number of amides is 1. The zero-order valence-electron chi connectivity index (χ0n) is 13.7. The summed E-state index contributed by atoms with van der Waals surface area (Å²) in [7, 11) is 0. The van der Waals surface area contributed by atoms with Crippen molar-refractivity contribution in [3.05, 3.63) is 12.2 Å². The number of aliphatic hydroxyl groups excluding tert-OH is 1. The Bertz CT molecular complexity index is 252. The van der Waals surface area contributed by atoms with Crippen LogP contribution in [0.15, 0.2) is 12.2 Å². The number of unbranched alkanes of at least 4 members (excludes halogenated alkanes) is 13. The van der Waals surface area contributed by atoms with Crippen LogP contribution in [0.3, 0.4) is 0 Å². The molecule has 124 valence electrons. The van der Waals surface area contributed by atoms with Crippen LogP contribution >= 0.6 is 0 Å². The highest BCUT2D eigenvalue weighted by molar-refractivity contribution is 5.85. The van der Waals surface area contributed by atoms with Crippen molar-refractivity contribution >= 4 is 5.91 Å². The van der Waals surface area contributed by atoms with Gasteiger partial charge in [-0.15, -0.1) is 0 Å². The lowest BCUT2D eigenvalue weighted by molar-refractivity contribution is -0.113. The molecule has 0 radical (unpaired) electrons. The molecule has 0 aromatic rings. The molecule has 0 aromatic heterocycles. The number of hydrogen-bond acceptors (Lipinski definition) is 2. The van der Waals surface area contributed by atoms with Crippen molar-refractivity contribution in [2.45, 2.75) is 89.9 Å². The lowest BCUT2D eigenvalue weighted by atomic mass is 10.0. The second-order valence-electron chi connectivity index (χ2n) is 5.91. The summed E-state index contributed by atoms with van der Waals surface area (Å²) in [6.45, 7) is 0.349. The summed E-state index contributed by atoms with van der Waals surface area (Å²) in [5.74, 6) is -0.344. The van der Waals surface area contributed by atoms with Crippen molar-refractivity contribution in [3.63, 3.8) is 0 Å². The number of hydrogen-bond donors (Lipinski definition) is 2. The summed E-state index contributed by atoms with van der Waals surface area (Å²) >= 11 is 0. The monoisotopic (exact) mass is 297 g/mol. The molecule has 0 rings (SSSR count). The molecule has 0 spiro atoms. The van der Waals surface area contributed by atoms with Gasteiger partial charge in [-0.1, -0.05) is 76.7 Å². The SMILES string of the molecule is NC(=O)/C=C/CCCCCCCCCCCCCCCO. The smallest absolute Gasteiger partial charge is 0.241 e. The molecule has 21 heavy (non-hydrogen) atoms. The molecule has 3 nitrogen and oxygen atoms in total. The van der Waals surface area contributed by atoms with Gasteiger partial charge in [0.2, 0.25) is 5.91 Å². The van der Waals surface area contributed by atoms with Crippen molar-refractivity contribution in [3.8, 4) is 0 Å². The largest absolute Gasteiger partial charge is 0.396 e. The van der Waals surface area contributed by atoms with Crippen LogP contribution in [0.1, 0.15) is 89.9 Å². The van der Waals surface area contributed by atoms with E-state index in [9.17, 15) is 4.79 Å². The third-order valence-electron chi connectivity index (χ3n) is 3.81. The van der Waals surface area contributed by atoms with Gasteiger partial charge in [-0.2, -0.15) is 0 Å². The molecule has 0 aliphatic heterocycles. The Morgan fingerprint density at radius 1 is 0.714 bits per heavy atom. The maximum atomic E-state index is 10.5. The van der Waals surface area contributed by atoms with E-state index in [2.05, 4.69) is 0 Å². The van der Waals surface area contributed by atoms with Crippen LogP contribution in [-0.4, -0.2) is 17.6 Å². The number of aliphatic hydroxyl groups is 1. The molecule has 0 fully saturated rings. The zero-order valence-corrected chi connectivity index (χ0v) is 13.7. The Morgan fingerprint density at radius 2 is 1.10 bits per heavy atom. The molecule has 0 aliphatic carbocycles. The minimum absolute atomic E-state index is 0.344. The Balaban J connectivity index is 3.01. The van der Waals surface area contributed by atoms with Crippen LogP contribution in [0.5, 0.6) is 0 Å². The molecule has 0 saturated heterocycles. The minimum atomic E-state index is -0.344. The van der Waals surface area contributed by atoms with Gasteiger partial charge in [-0.3, -0.25) is 4.79 Å². The quantitative estimate of drug-likeness (QED) is 0.326. The van der Waals surface area contributed by atoms with Crippen LogP contribution in [0, 0.1) is 0 Å². The van der Waals surface area contributed by atoms with Crippen molar-refractivity contribution in [1.82, 2.24) is 0 Å². The maximum Gasteiger partial charge on any atom is 0.241 e. The number of allylic oxidation sites excluding steroid dienone is 1. The lowest BCUT2D eigenvalue weighted by Gasteiger charge is -2.02. The average Bonchev–Trinajstić information content (AvgIpc) is 2.46. The fraction of sp³-hybridized carbons (Fsp3) is 0.833. The molecule has 0 bridgehead atoms. The molecular weight excluding hydrogens is 262 g/mol. The molecule has 3 N–H and O–H groups in total. The second kappa shape index (κ2) is 17.2. The number of rotatable bonds is 16. The third kappa shape index (κ3) is 19.2. The first-order valence-electron chi connectivity index (χ1n) is 8.84. The van der Waals surface area contributed by atoms with Gasteiger partial charge in [0.05, 0.1) is 0 Å². The van der Waals surface area contributed by atoms with Gasteiger partial charge in [-0.25, -0.2) is 0 Å². The van der Waals surface area contributed by atoms with Crippen LogP contribution in [0.25, 0.3) is 0 Å². The van der Waals surface area contributed by atoms with E-state index in [1.165, 1.54) is 76.7 Å². The molecule has 0 aromatic carbocycles. The fourth-order valence-electron chi connectivity index (χ4n) is 2.52. The van der Waals surface area contributed by atoms with Gasteiger partial charge in [0.15, 0.2) is 0 Å². The van der Waals surface area contributed by atoms with Gasteiger partial charge >= 0.3 is 0 Å². The topological polar surface area (TPSA) is 63.3 Å². The van der Waals surface area contributed by atoms with Gasteiger partial charge < -0.3 is 10.8 Å². The molecule has 1 amide bonds. The van der Waals surface area contributed by atoms with Crippen LogP contribution in [0.2, 0.25) is 0 Å². The zero-order chi connectivity index (χ0) is 15.6. The summed E-state index contributed by atoms with van der Waals surface area (Å²) in [5.41, 5.74) is 5.02. The first-order chi connectivity index (χ1) is 10.3. The van der Waals surface area contributed by atoms with Crippen molar-refractivity contribution < 1.29 is 9.90 Å². The number of carbonyl (C=O) groups is 1. The van der Waals surface area contributed by atoms with Gasteiger partial charge in [0.25, 0.3) is 0 Å². The number of carbonyl (C=O) groups excluding carboxylic acids is 1. The molecule has 0 atom stereocenters. The normalized spacial score (nSPS) is 11.3.